The van der Waals surface area contributed by atoms with Crippen molar-refractivity contribution in [3.8, 4) is 5.75 Å². The fourth-order valence-corrected chi connectivity index (χ4v) is 2.48. The zero-order chi connectivity index (χ0) is 17.6. The average molecular weight is 339 g/mol. The van der Waals surface area contributed by atoms with Crippen molar-refractivity contribution in [3.63, 3.8) is 0 Å². The van der Waals surface area contributed by atoms with Gasteiger partial charge in [0.1, 0.15) is 11.4 Å². The zero-order valence-electron chi connectivity index (χ0n) is 12.7. The Hall–Kier alpha value is -2.97. The number of ether oxygens (including phenoxy) is 1. The summed E-state index contributed by atoms with van der Waals surface area (Å²) in [6.45, 7) is 0. The molecule has 2 heterocycles. The minimum atomic E-state index is -4.80. The monoisotopic (exact) mass is 339 g/mol. The van der Waals surface area contributed by atoms with Gasteiger partial charge in [-0.2, -0.15) is 17.8 Å². The first kappa shape index (κ1) is 15.9. The quantitative estimate of drug-likeness (QED) is 0.716. The van der Waals surface area contributed by atoms with Gasteiger partial charge in [0.15, 0.2) is 0 Å². The Labute approximate surface area is 132 Å². The first-order valence-electron chi connectivity index (χ1n) is 6.80. The van der Waals surface area contributed by atoms with Gasteiger partial charge in [0.25, 0.3) is 5.56 Å². The molecule has 3 aromatic rings. The molecular weight excluding hydrogens is 327 g/mol. The first-order valence-corrected chi connectivity index (χ1v) is 6.80. The van der Waals surface area contributed by atoms with E-state index in [0.29, 0.717) is 32.0 Å². The molecule has 2 aromatic heterocycles. The van der Waals surface area contributed by atoms with E-state index in [-0.39, 0.29) is 0 Å². The minimum absolute atomic E-state index is 0.396. The second-order valence-electron chi connectivity index (χ2n) is 5.10. The van der Waals surface area contributed by atoms with Crippen LogP contribution in [0.15, 0.2) is 46.1 Å². The molecule has 0 fully saturated rings. The van der Waals surface area contributed by atoms with Gasteiger partial charge < -0.3 is 4.74 Å². The van der Waals surface area contributed by atoms with Gasteiger partial charge in [-0.3, -0.25) is 9.36 Å². The van der Waals surface area contributed by atoms with Gasteiger partial charge in [-0.25, -0.2) is 9.47 Å². The highest BCUT2D eigenvalue weighted by atomic mass is 19.4. The number of aromatic nitrogens is 3. The lowest BCUT2D eigenvalue weighted by molar-refractivity contribution is -0.144. The molecule has 0 N–H and O–H groups in total. The highest BCUT2D eigenvalue weighted by Crippen LogP contribution is 2.27. The number of methoxy groups -OCH3 is 1. The van der Waals surface area contributed by atoms with Crippen molar-refractivity contribution in [1.82, 2.24) is 13.9 Å². The molecule has 0 bridgehead atoms. The van der Waals surface area contributed by atoms with Crippen LogP contribution < -0.4 is 16.0 Å². The van der Waals surface area contributed by atoms with Crippen molar-refractivity contribution in [3.05, 3.63) is 63.1 Å². The number of nitrogens with zero attached hydrogens (tertiary/aromatic N) is 3. The number of benzene rings is 1. The summed E-state index contributed by atoms with van der Waals surface area (Å²) in [5.74, 6) is 0.485. The molecule has 24 heavy (non-hydrogen) atoms. The summed E-state index contributed by atoms with van der Waals surface area (Å²) in [6.07, 6.45) is -3.37. The van der Waals surface area contributed by atoms with E-state index in [1.54, 1.807) is 24.3 Å². The third-order valence-electron chi connectivity index (χ3n) is 3.68. The lowest BCUT2D eigenvalue weighted by Gasteiger charge is -2.15. The Balaban J connectivity index is 2.34. The van der Waals surface area contributed by atoms with E-state index < -0.39 is 23.1 Å². The molecule has 0 saturated heterocycles. The molecule has 0 atom stereocenters. The van der Waals surface area contributed by atoms with Gasteiger partial charge in [-0.1, -0.05) is 0 Å². The van der Waals surface area contributed by atoms with Crippen LogP contribution in [0.25, 0.3) is 10.9 Å². The number of hydrogen-bond donors (Lipinski definition) is 0. The number of halogens is 3. The van der Waals surface area contributed by atoms with E-state index in [0.717, 1.165) is 7.05 Å². The van der Waals surface area contributed by atoms with Crippen molar-refractivity contribution < 1.29 is 17.9 Å². The van der Waals surface area contributed by atoms with Crippen LogP contribution in [0, 0.1) is 0 Å². The Bertz CT molecular complexity index is 1040. The topological polar surface area (TPSA) is 58.2 Å². The molecule has 6 nitrogen and oxygen atoms in total. The predicted molar refractivity (Wildman–Crippen MR) is 80.2 cm³/mol. The van der Waals surface area contributed by atoms with E-state index in [2.05, 4.69) is 0 Å². The molecule has 9 heteroatoms. The highest BCUT2D eigenvalue weighted by Gasteiger charge is 2.35. The molecule has 0 aliphatic rings. The van der Waals surface area contributed by atoms with Gasteiger partial charge >= 0.3 is 11.9 Å². The van der Waals surface area contributed by atoms with Gasteiger partial charge in [-0.05, 0) is 18.2 Å². The Morgan fingerprint density at radius 1 is 1.08 bits per heavy atom. The molecule has 3 rings (SSSR count). The van der Waals surface area contributed by atoms with Gasteiger partial charge in [0.2, 0.25) is 0 Å². The molecule has 0 saturated carbocycles. The van der Waals surface area contributed by atoms with Crippen LogP contribution >= 0.6 is 0 Å². The maximum absolute atomic E-state index is 12.9. The second-order valence-corrected chi connectivity index (χ2v) is 5.10. The van der Waals surface area contributed by atoms with Crippen LogP contribution in [0.2, 0.25) is 0 Å². The molecule has 0 radical (unpaired) electrons. The molecule has 0 unspecified atom stereocenters. The van der Waals surface area contributed by atoms with E-state index in [1.165, 1.54) is 18.0 Å². The normalized spacial score (nSPS) is 11.9. The number of rotatable bonds is 2. The number of alkyl halides is 3. The van der Waals surface area contributed by atoms with Gasteiger partial charge in [-0.15, -0.1) is 0 Å². The van der Waals surface area contributed by atoms with Crippen LogP contribution in [0.5, 0.6) is 5.75 Å². The summed E-state index contributed by atoms with van der Waals surface area (Å²) in [5.41, 5.74) is -3.03. The standard InChI is InChI=1S/C15H12F3N3O3/c1-19-12(15(16,17)18)8-13(22)21(14(19)23)20-6-5-9-3-4-10(24-2)7-11(9)20/h3-8H,1-2H3. The highest BCUT2D eigenvalue weighted by molar-refractivity contribution is 5.81. The van der Waals surface area contributed by atoms with Crippen molar-refractivity contribution in [1.29, 1.82) is 0 Å². The molecule has 0 spiro atoms. The van der Waals surface area contributed by atoms with Crippen LogP contribution in [-0.4, -0.2) is 21.0 Å². The molecule has 0 aliphatic carbocycles. The summed E-state index contributed by atoms with van der Waals surface area (Å²) >= 11 is 0. The van der Waals surface area contributed by atoms with Crippen LogP contribution in [0.4, 0.5) is 13.2 Å². The Morgan fingerprint density at radius 2 is 1.79 bits per heavy atom. The Morgan fingerprint density at radius 3 is 2.42 bits per heavy atom. The van der Waals surface area contributed by atoms with Crippen LogP contribution in [-0.2, 0) is 13.2 Å². The first-order chi connectivity index (χ1) is 11.2. The number of hydrogen-bond acceptors (Lipinski definition) is 3. The third kappa shape index (κ3) is 2.38. The summed E-state index contributed by atoms with van der Waals surface area (Å²) < 4.78 is 46.0. The van der Waals surface area contributed by atoms with E-state index in [1.807, 2.05) is 0 Å². The van der Waals surface area contributed by atoms with E-state index >= 15 is 0 Å². The van der Waals surface area contributed by atoms with Gasteiger partial charge in [0.05, 0.1) is 12.6 Å². The molecule has 1 aromatic carbocycles. The Kier molecular flexibility index (Phi) is 3.51. The SMILES string of the molecule is COc1ccc2ccn(-n3c(=O)cc(C(F)(F)F)n(C)c3=O)c2c1. The molecule has 126 valence electrons. The maximum Gasteiger partial charge on any atom is 0.431 e. The number of fused-ring (bicyclic) bond motifs is 1. The maximum atomic E-state index is 12.9. The lowest BCUT2D eigenvalue weighted by atomic mass is 10.2. The molecular formula is C15H12F3N3O3. The van der Waals surface area contributed by atoms with Gasteiger partial charge in [0, 0.05) is 30.8 Å². The second kappa shape index (κ2) is 5.29. The summed E-state index contributed by atoms with van der Waals surface area (Å²) in [4.78, 5) is 24.5. The van der Waals surface area contributed by atoms with Crippen molar-refractivity contribution >= 4 is 10.9 Å². The largest absolute Gasteiger partial charge is 0.497 e. The summed E-state index contributed by atoms with van der Waals surface area (Å²) in [6, 6.07) is 7.02. The fraction of sp³-hybridized carbons (Fsp3) is 0.200. The van der Waals surface area contributed by atoms with Crippen LogP contribution in [0.1, 0.15) is 5.69 Å². The predicted octanol–water partition coefficient (Wildman–Crippen LogP) is 1.84. The molecule has 0 amide bonds. The lowest BCUT2D eigenvalue weighted by Crippen LogP contribution is -2.44. The van der Waals surface area contributed by atoms with Crippen molar-refractivity contribution in [2.45, 2.75) is 6.18 Å². The fourth-order valence-electron chi connectivity index (χ4n) is 2.48. The van der Waals surface area contributed by atoms with Crippen molar-refractivity contribution in [2.75, 3.05) is 7.11 Å². The molecule has 0 aliphatic heterocycles. The summed E-state index contributed by atoms with van der Waals surface area (Å²) in [7, 11) is 2.42. The smallest absolute Gasteiger partial charge is 0.431 e. The van der Waals surface area contributed by atoms with Crippen molar-refractivity contribution in [2.24, 2.45) is 7.05 Å². The zero-order valence-corrected chi connectivity index (χ0v) is 12.7. The minimum Gasteiger partial charge on any atom is -0.497 e. The van der Waals surface area contributed by atoms with E-state index in [4.69, 9.17) is 4.74 Å². The third-order valence-corrected chi connectivity index (χ3v) is 3.68. The summed E-state index contributed by atoms with van der Waals surface area (Å²) in [5, 5.41) is 0.699. The van der Waals surface area contributed by atoms with E-state index in [9.17, 15) is 22.8 Å². The van der Waals surface area contributed by atoms with Crippen LogP contribution in [0.3, 0.4) is 0 Å². The average Bonchev–Trinajstić information content (AvgIpc) is 2.93.